The predicted octanol–water partition coefficient (Wildman–Crippen LogP) is 4.04. The highest BCUT2D eigenvalue weighted by Crippen LogP contribution is 2.35. The van der Waals surface area contributed by atoms with E-state index in [1.807, 2.05) is 36.4 Å². The van der Waals surface area contributed by atoms with Gasteiger partial charge in [-0.05, 0) is 53.1 Å². The van der Waals surface area contributed by atoms with Crippen LogP contribution in [-0.4, -0.2) is 15.1 Å². The van der Waals surface area contributed by atoms with Gasteiger partial charge in [-0.1, -0.05) is 36.4 Å². The summed E-state index contributed by atoms with van der Waals surface area (Å²) in [7, 11) is -3.04. The zero-order chi connectivity index (χ0) is 17.8. The molecule has 3 aromatic rings. The van der Waals surface area contributed by atoms with Gasteiger partial charge < -0.3 is 19.6 Å². The number of rotatable bonds is 5. The van der Waals surface area contributed by atoms with Gasteiger partial charge in [0.05, 0.1) is 0 Å². The first-order valence-electron chi connectivity index (χ1n) is 7.61. The molecule has 128 valence electrons. The van der Waals surface area contributed by atoms with Crippen molar-refractivity contribution in [2.24, 2.45) is 0 Å². The molecule has 0 spiro atoms. The average Bonchev–Trinajstić information content (AvgIpc) is 2.59. The summed E-state index contributed by atoms with van der Waals surface area (Å²) in [5, 5.41) is 19.1. The van der Waals surface area contributed by atoms with Crippen LogP contribution in [0.4, 0.5) is 0 Å². The second-order valence-electron chi connectivity index (χ2n) is 5.55. The molecule has 25 heavy (non-hydrogen) atoms. The molecule has 0 heterocycles. The number of aromatic hydroxyl groups is 2. The summed E-state index contributed by atoms with van der Waals surface area (Å²) in [6, 6.07) is 20.8. The maximum Gasteiger partial charge on any atom is 0.365 e. The van der Waals surface area contributed by atoms with E-state index in [0.717, 1.165) is 16.7 Å². The molecule has 0 aliphatic rings. The predicted molar refractivity (Wildman–Crippen MR) is 95.4 cm³/mol. The van der Waals surface area contributed by atoms with E-state index >= 15 is 0 Å². The number of phenols is 2. The number of benzene rings is 3. The highest BCUT2D eigenvalue weighted by Gasteiger charge is 2.17. The molecule has 0 radical (unpaired) electrons. The second kappa shape index (κ2) is 7.43. The van der Waals surface area contributed by atoms with Crippen molar-refractivity contribution in [3.05, 3.63) is 89.5 Å². The van der Waals surface area contributed by atoms with Crippen molar-refractivity contribution in [2.75, 3.05) is 0 Å². The van der Waals surface area contributed by atoms with Gasteiger partial charge in [-0.15, -0.1) is 0 Å². The third-order valence-corrected chi connectivity index (χ3v) is 4.28. The SMILES string of the molecule is O=[PH](O)Oc1ccc(C(c2ccc(O)cc2)c2ccc(O)cc2)cc1. The molecule has 0 fully saturated rings. The standard InChI is InChI=1S/C19H17O5P/c20-16-7-1-13(2-8-16)19(14-3-9-17(21)10-4-14)15-5-11-18(12-6-15)24-25(22)23/h1-12,19-21,25H,(H,22,23). The van der Waals surface area contributed by atoms with Crippen LogP contribution in [0.3, 0.4) is 0 Å². The minimum Gasteiger partial charge on any atom is -0.508 e. The van der Waals surface area contributed by atoms with Gasteiger partial charge in [0, 0.05) is 5.92 Å². The maximum atomic E-state index is 10.8. The van der Waals surface area contributed by atoms with Crippen molar-refractivity contribution in [3.63, 3.8) is 0 Å². The molecule has 3 rings (SSSR count). The Hall–Kier alpha value is -2.75. The van der Waals surface area contributed by atoms with Crippen LogP contribution >= 0.6 is 8.25 Å². The van der Waals surface area contributed by atoms with Crippen molar-refractivity contribution in [3.8, 4) is 17.2 Å². The zero-order valence-corrected chi connectivity index (χ0v) is 14.2. The van der Waals surface area contributed by atoms with Crippen LogP contribution in [0, 0.1) is 0 Å². The molecule has 0 saturated carbocycles. The monoisotopic (exact) mass is 356 g/mol. The molecule has 0 bridgehead atoms. The molecule has 6 heteroatoms. The molecular weight excluding hydrogens is 339 g/mol. The Morgan fingerprint density at radius 3 is 1.40 bits per heavy atom. The van der Waals surface area contributed by atoms with Crippen molar-refractivity contribution in [2.45, 2.75) is 5.92 Å². The van der Waals surface area contributed by atoms with Gasteiger partial charge in [-0.25, -0.2) is 4.57 Å². The Morgan fingerprint density at radius 2 is 1.04 bits per heavy atom. The lowest BCUT2D eigenvalue weighted by atomic mass is 9.85. The van der Waals surface area contributed by atoms with Crippen molar-refractivity contribution < 1.29 is 24.2 Å². The van der Waals surface area contributed by atoms with E-state index in [0.29, 0.717) is 5.75 Å². The van der Waals surface area contributed by atoms with Crippen LogP contribution in [0.5, 0.6) is 17.2 Å². The normalized spacial score (nSPS) is 12.1. The molecule has 0 amide bonds. The second-order valence-corrected chi connectivity index (χ2v) is 6.29. The zero-order valence-electron chi connectivity index (χ0n) is 13.2. The summed E-state index contributed by atoms with van der Waals surface area (Å²) in [6.45, 7) is 0. The van der Waals surface area contributed by atoms with E-state index in [1.54, 1.807) is 36.4 Å². The van der Waals surface area contributed by atoms with E-state index in [-0.39, 0.29) is 17.4 Å². The van der Waals surface area contributed by atoms with E-state index in [2.05, 4.69) is 0 Å². The Kier molecular flexibility index (Phi) is 5.08. The summed E-state index contributed by atoms with van der Waals surface area (Å²) >= 11 is 0. The molecule has 3 N–H and O–H groups in total. The first kappa shape index (κ1) is 17.1. The minimum absolute atomic E-state index is 0.124. The summed E-state index contributed by atoms with van der Waals surface area (Å²) in [5.41, 5.74) is 2.88. The van der Waals surface area contributed by atoms with Gasteiger partial charge in [-0.2, -0.15) is 0 Å². The molecule has 0 aliphatic carbocycles. The minimum atomic E-state index is -3.04. The molecule has 1 unspecified atom stereocenters. The Labute approximate surface area is 145 Å². The fraction of sp³-hybridized carbons (Fsp3) is 0.0526. The fourth-order valence-electron chi connectivity index (χ4n) is 2.74. The highest BCUT2D eigenvalue weighted by atomic mass is 31.1. The van der Waals surface area contributed by atoms with Crippen LogP contribution < -0.4 is 4.52 Å². The lowest BCUT2D eigenvalue weighted by molar-refractivity contribution is 0.410. The van der Waals surface area contributed by atoms with Crippen LogP contribution in [0.1, 0.15) is 22.6 Å². The summed E-state index contributed by atoms with van der Waals surface area (Å²) in [4.78, 5) is 8.87. The van der Waals surface area contributed by atoms with E-state index < -0.39 is 8.25 Å². The van der Waals surface area contributed by atoms with Crippen LogP contribution in [-0.2, 0) is 4.57 Å². The third-order valence-electron chi connectivity index (χ3n) is 3.87. The molecule has 1 atom stereocenters. The van der Waals surface area contributed by atoms with E-state index in [9.17, 15) is 14.8 Å². The number of hydrogen-bond acceptors (Lipinski definition) is 4. The third kappa shape index (κ3) is 4.21. The van der Waals surface area contributed by atoms with E-state index in [4.69, 9.17) is 9.42 Å². The largest absolute Gasteiger partial charge is 0.508 e. The van der Waals surface area contributed by atoms with Gasteiger partial charge in [-0.3, -0.25) is 0 Å². The van der Waals surface area contributed by atoms with Gasteiger partial charge in [0.2, 0.25) is 0 Å². The molecule has 0 aromatic heterocycles. The molecule has 0 aliphatic heterocycles. The lowest BCUT2D eigenvalue weighted by Gasteiger charge is -2.19. The van der Waals surface area contributed by atoms with Gasteiger partial charge in [0.25, 0.3) is 0 Å². The molecule has 3 aromatic carbocycles. The molecule has 5 nitrogen and oxygen atoms in total. The Balaban J connectivity index is 2.02. The van der Waals surface area contributed by atoms with Gasteiger partial charge in [0.1, 0.15) is 17.2 Å². The van der Waals surface area contributed by atoms with Crippen molar-refractivity contribution in [1.29, 1.82) is 0 Å². The van der Waals surface area contributed by atoms with Crippen molar-refractivity contribution >= 4 is 8.25 Å². The van der Waals surface area contributed by atoms with Crippen molar-refractivity contribution in [1.82, 2.24) is 0 Å². The molecule has 0 saturated heterocycles. The average molecular weight is 356 g/mol. The van der Waals surface area contributed by atoms with Crippen LogP contribution in [0.2, 0.25) is 0 Å². The van der Waals surface area contributed by atoms with Gasteiger partial charge in [0.15, 0.2) is 0 Å². The first-order chi connectivity index (χ1) is 12.0. The smallest absolute Gasteiger partial charge is 0.365 e. The summed E-state index contributed by atoms with van der Waals surface area (Å²) in [5.74, 6) is 0.571. The number of hydrogen-bond donors (Lipinski definition) is 3. The topological polar surface area (TPSA) is 87.0 Å². The lowest BCUT2D eigenvalue weighted by Crippen LogP contribution is -2.03. The van der Waals surface area contributed by atoms with Crippen LogP contribution in [0.25, 0.3) is 0 Å². The first-order valence-corrected chi connectivity index (χ1v) is 8.88. The summed E-state index contributed by atoms with van der Waals surface area (Å²) in [6.07, 6.45) is 0. The Bertz CT molecular complexity index is 812. The van der Waals surface area contributed by atoms with Gasteiger partial charge >= 0.3 is 8.25 Å². The maximum absolute atomic E-state index is 10.8. The summed E-state index contributed by atoms with van der Waals surface area (Å²) < 4.78 is 15.6. The van der Waals surface area contributed by atoms with Crippen LogP contribution in [0.15, 0.2) is 72.8 Å². The Morgan fingerprint density at radius 1 is 0.680 bits per heavy atom. The fourth-order valence-corrected chi connectivity index (χ4v) is 3.08. The number of phenolic OH excluding ortho intramolecular Hbond substituents is 2. The molecular formula is C19H17O5P. The highest BCUT2D eigenvalue weighted by molar-refractivity contribution is 7.32. The van der Waals surface area contributed by atoms with E-state index in [1.165, 1.54) is 0 Å². The quantitative estimate of drug-likeness (QED) is 0.474.